The van der Waals surface area contributed by atoms with Gasteiger partial charge in [-0.1, -0.05) is 41.3 Å². The van der Waals surface area contributed by atoms with Gasteiger partial charge in [0, 0.05) is 23.3 Å². The normalized spacial score (nSPS) is 15.6. The van der Waals surface area contributed by atoms with Gasteiger partial charge >= 0.3 is 0 Å². The molecular weight excluding hydrogens is 278 g/mol. The van der Waals surface area contributed by atoms with Crippen LogP contribution in [0.3, 0.4) is 0 Å². The molecule has 17 heavy (non-hydrogen) atoms. The number of rotatable bonds is 7. The van der Waals surface area contributed by atoms with Crippen molar-refractivity contribution in [1.82, 2.24) is 0 Å². The lowest BCUT2D eigenvalue weighted by atomic mass is 9.83. The maximum atomic E-state index is 5.62. The Morgan fingerprint density at radius 2 is 2.18 bits per heavy atom. The Kier molecular flexibility index (Phi) is 5.33. The van der Waals surface area contributed by atoms with Gasteiger partial charge in [-0.25, -0.2) is 0 Å². The van der Waals surface area contributed by atoms with Gasteiger partial charge in [-0.3, -0.25) is 0 Å². The molecule has 2 nitrogen and oxygen atoms in total. The summed E-state index contributed by atoms with van der Waals surface area (Å²) in [4.78, 5) is 0. The molecule has 0 bridgehead atoms. The number of ether oxygens (including phenoxy) is 1. The minimum atomic E-state index is 0.791. The minimum Gasteiger partial charge on any atom is -0.383 e. The molecule has 1 aliphatic rings. The SMILES string of the molecule is Brc1cccc(NCCOCCC2CCC2)c1. The standard InChI is InChI=1S/C14H20BrNO/c15-13-5-2-6-14(11-13)16-8-10-17-9-7-12-3-1-4-12/h2,5-6,11-12,16H,1,3-4,7-10H2. The van der Waals surface area contributed by atoms with E-state index in [2.05, 4.69) is 33.4 Å². The summed E-state index contributed by atoms with van der Waals surface area (Å²) in [7, 11) is 0. The molecule has 0 heterocycles. The first-order valence-electron chi connectivity index (χ1n) is 6.42. The molecular formula is C14H20BrNO. The van der Waals surface area contributed by atoms with Gasteiger partial charge in [0.25, 0.3) is 0 Å². The van der Waals surface area contributed by atoms with E-state index in [1.54, 1.807) is 0 Å². The zero-order valence-electron chi connectivity index (χ0n) is 10.1. The van der Waals surface area contributed by atoms with Crippen molar-refractivity contribution in [1.29, 1.82) is 0 Å². The molecule has 3 heteroatoms. The van der Waals surface area contributed by atoms with Crippen LogP contribution >= 0.6 is 15.9 Å². The second-order valence-corrected chi connectivity index (χ2v) is 5.55. The van der Waals surface area contributed by atoms with Crippen LogP contribution in [-0.4, -0.2) is 19.8 Å². The van der Waals surface area contributed by atoms with Crippen LogP contribution in [-0.2, 0) is 4.74 Å². The molecule has 94 valence electrons. The highest BCUT2D eigenvalue weighted by molar-refractivity contribution is 9.10. The molecule has 1 fully saturated rings. The van der Waals surface area contributed by atoms with E-state index in [0.29, 0.717) is 0 Å². The highest BCUT2D eigenvalue weighted by Gasteiger charge is 2.16. The van der Waals surface area contributed by atoms with Crippen molar-refractivity contribution in [3.05, 3.63) is 28.7 Å². The van der Waals surface area contributed by atoms with Gasteiger partial charge in [0.05, 0.1) is 6.61 Å². The van der Waals surface area contributed by atoms with Crippen molar-refractivity contribution < 1.29 is 4.74 Å². The van der Waals surface area contributed by atoms with Crippen LogP contribution in [0, 0.1) is 5.92 Å². The maximum absolute atomic E-state index is 5.62. The van der Waals surface area contributed by atoms with Crippen molar-refractivity contribution in [2.45, 2.75) is 25.7 Å². The second-order valence-electron chi connectivity index (χ2n) is 4.64. The third-order valence-electron chi connectivity index (χ3n) is 3.30. The number of benzene rings is 1. The Balaban J connectivity index is 1.50. The van der Waals surface area contributed by atoms with E-state index in [1.807, 2.05) is 12.1 Å². The summed E-state index contributed by atoms with van der Waals surface area (Å²) in [5, 5.41) is 3.35. The van der Waals surface area contributed by atoms with Gasteiger partial charge < -0.3 is 10.1 Å². The second kappa shape index (κ2) is 7.02. The van der Waals surface area contributed by atoms with Gasteiger partial charge in [0.15, 0.2) is 0 Å². The molecule has 1 aromatic rings. The van der Waals surface area contributed by atoms with Crippen LogP contribution in [0.2, 0.25) is 0 Å². The molecule has 1 N–H and O–H groups in total. The molecule has 0 saturated heterocycles. The number of hydrogen-bond donors (Lipinski definition) is 1. The van der Waals surface area contributed by atoms with Crippen LogP contribution in [0.15, 0.2) is 28.7 Å². The van der Waals surface area contributed by atoms with E-state index < -0.39 is 0 Å². The average molecular weight is 298 g/mol. The third kappa shape index (κ3) is 4.68. The zero-order valence-corrected chi connectivity index (χ0v) is 11.7. The van der Waals surface area contributed by atoms with E-state index in [9.17, 15) is 0 Å². The van der Waals surface area contributed by atoms with E-state index in [4.69, 9.17) is 4.74 Å². The van der Waals surface area contributed by atoms with E-state index in [0.717, 1.165) is 35.8 Å². The maximum Gasteiger partial charge on any atom is 0.0639 e. The fraction of sp³-hybridized carbons (Fsp3) is 0.571. The number of anilines is 1. The van der Waals surface area contributed by atoms with Crippen LogP contribution in [0.4, 0.5) is 5.69 Å². The first-order valence-corrected chi connectivity index (χ1v) is 7.21. The lowest BCUT2D eigenvalue weighted by Crippen LogP contribution is -2.15. The summed E-state index contributed by atoms with van der Waals surface area (Å²) < 4.78 is 6.72. The van der Waals surface area contributed by atoms with Crippen LogP contribution in [0.25, 0.3) is 0 Å². The summed E-state index contributed by atoms with van der Waals surface area (Å²) in [5.41, 5.74) is 1.14. The quantitative estimate of drug-likeness (QED) is 0.766. The van der Waals surface area contributed by atoms with E-state index in [-0.39, 0.29) is 0 Å². The molecule has 0 aliphatic heterocycles. The Bertz CT molecular complexity index is 339. The molecule has 1 aromatic carbocycles. The Hall–Kier alpha value is -0.540. The van der Waals surface area contributed by atoms with E-state index >= 15 is 0 Å². The smallest absolute Gasteiger partial charge is 0.0639 e. The highest BCUT2D eigenvalue weighted by Crippen LogP contribution is 2.29. The molecule has 1 aliphatic carbocycles. The molecule has 0 radical (unpaired) electrons. The molecule has 2 rings (SSSR count). The fourth-order valence-corrected chi connectivity index (χ4v) is 2.40. The highest BCUT2D eigenvalue weighted by atomic mass is 79.9. The predicted octanol–water partition coefficient (Wildman–Crippen LogP) is 4.07. The zero-order chi connectivity index (χ0) is 11.9. The van der Waals surface area contributed by atoms with Crippen molar-refractivity contribution >= 4 is 21.6 Å². The largest absolute Gasteiger partial charge is 0.383 e. The number of halogens is 1. The Morgan fingerprint density at radius 3 is 2.88 bits per heavy atom. The molecule has 0 atom stereocenters. The van der Waals surface area contributed by atoms with Gasteiger partial charge in [-0.15, -0.1) is 0 Å². The summed E-state index contributed by atoms with van der Waals surface area (Å²) in [5.74, 6) is 0.952. The molecule has 0 amide bonds. The minimum absolute atomic E-state index is 0.791. The average Bonchev–Trinajstić information content (AvgIpc) is 2.25. The van der Waals surface area contributed by atoms with Crippen molar-refractivity contribution in [3.63, 3.8) is 0 Å². The summed E-state index contributed by atoms with van der Waals surface area (Å²) in [6.45, 7) is 2.59. The Labute approximate surface area is 112 Å². The molecule has 1 saturated carbocycles. The van der Waals surface area contributed by atoms with Crippen molar-refractivity contribution in [3.8, 4) is 0 Å². The summed E-state index contributed by atoms with van der Waals surface area (Å²) >= 11 is 3.45. The first-order chi connectivity index (χ1) is 8.34. The first kappa shape index (κ1) is 12.9. The topological polar surface area (TPSA) is 21.3 Å². The lowest BCUT2D eigenvalue weighted by molar-refractivity contribution is 0.114. The Morgan fingerprint density at radius 1 is 1.29 bits per heavy atom. The molecule has 0 unspecified atom stereocenters. The third-order valence-corrected chi connectivity index (χ3v) is 3.79. The van der Waals surface area contributed by atoms with E-state index in [1.165, 1.54) is 25.7 Å². The van der Waals surface area contributed by atoms with Gasteiger partial charge in [-0.05, 0) is 30.5 Å². The summed E-state index contributed by atoms with van der Waals surface area (Å²) in [6.07, 6.45) is 5.51. The van der Waals surface area contributed by atoms with Crippen molar-refractivity contribution in [2.75, 3.05) is 25.1 Å². The summed E-state index contributed by atoms with van der Waals surface area (Å²) in [6, 6.07) is 8.21. The fourth-order valence-electron chi connectivity index (χ4n) is 2.00. The lowest BCUT2D eigenvalue weighted by Gasteiger charge is -2.24. The van der Waals surface area contributed by atoms with Crippen molar-refractivity contribution in [2.24, 2.45) is 5.92 Å². The predicted molar refractivity (Wildman–Crippen MR) is 75.4 cm³/mol. The van der Waals surface area contributed by atoms with Crippen LogP contribution in [0.1, 0.15) is 25.7 Å². The molecule has 0 spiro atoms. The van der Waals surface area contributed by atoms with Crippen LogP contribution < -0.4 is 5.32 Å². The number of hydrogen-bond acceptors (Lipinski definition) is 2. The van der Waals surface area contributed by atoms with Gasteiger partial charge in [0.1, 0.15) is 0 Å². The van der Waals surface area contributed by atoms with Gasteiger partial charge in [0.2, 0.25) is 0 Å². The monoisotopic (exact) mass is 297 g/mol. The number of nitrogens with one attached hydrogen (secondary N) is 1. The van der Waals surface area contributed by atoms with Gasteiger partial charge in [-0.2, -0.15) is 0 Å². The van der Waals surface area contributed by atoms with Crippen LogP contribution in [0.5, 0.6) is 0 Å². The molecule has 0 aromatic heterocycles.